The fourth-order valence-corrected chi connectivity index (χ4v) is 2.49. The van der Waals surface area contributed by atoms with Crippen LogP contribution in [-0.4, -0.2) is 20.7 Å². The van der Waals surface area contributed by atoms with Crippen LogP contribution in [0.1, 0.15) is 18.7 Å². The summed E-state index contributed by atoms with van der Waals surface area (Å²) in [4.78, 5) is 40.7. The van der Waals surface area contributed by atoms with Gasteiger partial charge in [-0.25, -0.2) is 4.68 Å². The van der Waals surface area contributed by atoms with Crippen molar-refractivity contribution >= 4 is 16.7 Å². The third-order valence-electron chi connectivity index (χ3n) is 3.69. The van der Waals surface area contributed by atoms with Crippen LogP contribution < -0.4 is 16.4 Å². The number of hydrogen-bond donors (Lipinski definition) is 2. The molecule has 1 unspecified atom stereocenters. The van der Waals surface area contributed by atoms with Gasteiger partial charge in [0.15, 0.2) is 0 Å². The van der Waals surface area contributed by atoms with E-state index in [1.54, 1.807) is 49.5 Å². The first-order valence-corrected chi connectivity index (χ1v) is 7.48. The van der Waals surface area contributed by atoms with Gasteiger partial charge in [-0.05, 0) is 31.2 Å². The highest BCUT2D eigenvalue weighted by Crippen LogP contribution is 2.07. The quantitative estimate of drug-likeness (QED) is 0.747. The van der Waals surface area contributed by atoms with E-state index in [0.717, 1.165) is 4.68 Å². The fraction of sp³-hybridized carbons (Fsp3) is 0.176. The molecule has 0 saturated carbocycles. The molecular weight excluding hydrogens is 308 g/mol. The summed E-state index contributed by atoms with van der Waals surface area (Å²) in [5, 5.41) is 5.78. The van der Waals surface area contributed by atoms with Crippen LogP contribution in [-0.2, 0) is 11.3 Å². The van der Waals surface area contributed by atoms with E-state index in [2.05, 4.69) is 15.4 Å². The van der Waals surface area contributed by atoms with E-state index >= 15 is 0 Å². The lowest BCUT2D eigenvalue weighted by Gasteiger charge is -2.14. The standard InChI is InChI=1S/C17H16N4O3/c1-11(14-8-4-5-9-18-14)19-15(22)10-21-17(24)13-7-3-2-6-12(13)16(23)20-21/h2-9,11H,10H2,1H3,(H,19,22)(H,20,23). The second-order valence-electron chi connectivity index (χ2n) is 5.42. The molecule has 0 bridgehead atoms. The van der Waals surface area contributed by atoms with E-state index in [1.165, 1.54) is 0 Å². The summed E-state index contributed by atoms with van der Waals surface area (Å²) in [7, 11) is 0. The summed E-state index contributed by atoms with van der Waals surface area (Å²) < 4.78 is 1.02. The van der Waals surface area contributed by atoms with Gasteiger partial charge in [0, 0.05) is 6.20 Å². The molecule has 0 spiro atoms. The minimum atomic E-state index is -0.411. The van der Waals surface area contributed by atoms with Gasteiger partial charge in [0.2, 0.25) is 5.91 Å². The Balaban J connectivity index is 1.82. The van der Waals surface area contributed by atoms with Crippen LogP contribution in [0.2, 0.25) is 0 Å². The van der Waals surface area contributed by atoms with Crippen molar-refractivity contribution in [2.75, 3.05) is 0 Å². The monoisotopic (exact) mass is 324 g/mol. The van der Waals surface area contributed by atoms with Gasteiger partial charge in [-0.15, -0.1) is 0 Å². The molecule has 0 fully saturated rings. The average Bonchev–Trinajstić information content (AvgIpc) is 2.60. The molecule has 3 rings (SSSR count). The summed E-state index contributed by atoms with van der Waals surface area (Å²) in [5.74, 6) is -0.388. The number of rotatable bonds is 4. The Morgan fingerprint density at radius 2 is 1.88 bits per heavy atom. The third kappa shape index (κ3) is 3.10. The van der Waals surface area contributed by atoms with Crippen LogP contribution >= 0.6 is 0 Å². The minimum Gasteiger partial charge on any atom is -0.346 e. The summed E-state index contributed by atoms with van der Waals surface area (Å²) in [6.07, 6.45) is 1.64. The second kappa shape index (κ2) is 6.49. The first-order chi connectivity index (χ1) is 11.6. The van der Waals surface area contributed by atoms with Crippen molar-refractivity contribution in [3.8, 4) is 0 Å². The van der Waals surface area contributed by atoms with Crippen LogP contribution in [0.3, 0.4) is 0 Å². The van der Waals surface area contributed by atoms with E-state index in [9.17, 15) is 14.4 Å². The molecule has 24 heavy (non-hydrogen) atoms. The maximum absolute atomic E-state index is 12.4. The lowest BCUT2D eigenvalue weighted by atomic mass is 10.2. The van der Waals surface area contributed by atoms with Gasteiger partial charge >= 0.3 is 0 Å². The average molecular weight is 324 g/mol. The van der Waals surface area contributed by atoms with E-state index < -0.39 is 11.1 Å². The Morgan fingerprint density at radius 3 is 2.58 bits per heavy atom. The molecule has 7 heteroatoms. The zero-order valence-corrected chi connectivity index (χ0v) is 13.0. The van der Waals surface area contributed by atoms with Crippen LogP contribution in [0.5, 0.6) is 0 Å². The summed E-state index contributed by atoms with van der Waals surface area (Å²) in [5.41, 5.74) is -0.105. The first-order valence-electron chi connectivity index (χ1n) is 7.48. The van der Waals surface area contributed by atoms with Crippen molar-refractivity contribution < 1.29 is 4.79 Å². The SMILES string of the molecule is CC(NC(=O)Cn1[nH]c(=O)c2ccccc2c1=O)c1ccccn1. The number of H-pyrrole nitrogens is 1. The van der Waals surface area contributed by atoms with Crippen molar-refractivity contribution in [1.29, 1.82) is 0 Å². The topological polar surface area (TPSA) is 96.9 Å². The van der Waals surface area contributed by atoms with E-state index in [-0.39, 0.29) is 23.9 Å². The number of carbonyl (C=O) groups excluding carboxylic acids is 1. The minimum absolute atomic E-state index is 0.268. The summed E-state index contributed by atoms with van der Waals surface area (Å²) in [6.45, 7) is 1.53. The van der Waals surface area contributed by atoms with Gasteiger partial charge in [0.1, 0.15) is 6.54 Å². The van der Waals surface area contributed by atoms with E-state index in [0.29, 0.717) is 11.1 Å². The summed E-state index contributed by atoms with van der Waals surface area (Å²) in [6, 6.07) is 11.6. The largest absolute Gasteiger partial charge is 0.346 e. The zero-order valence-electron chi connectivity index (χ0n) is 13.0. The number of nitrogens with zero attached hydrogens (tertiary/aromatic N) is 2. The number of benzene rings is 1. The molecule has 2 aromatic heterocycles. The van der Waals surface area contributed by atoms with Crippen LogP contribution in [0.15, 0.2) is 58.3 Å². The molecule has 1 aromatic carbocycles. The predicted molar refractivity (Wildman–Crippen MR) is 89.6 cm³/mol. The number of nitrogens with one attached hydrogen (secondary N) is 2. The Bertz CT molecular complexity index is 992. The number of amides is 1. The first kappa shape index (κ1) is 15.7. The maximum Gasteiger partial charge on any atom is 0.273 e. The lowest BCUT2D eigenvalue weighted by molar-refractivity contribution is -0.122. The number of pyridine rings is 1. The molecule has 0 saturated heterocycles. The maximum atomic E-state index is 12.4. The molecule has 2 N–H and O–H groups in total. The van der Waals surface area contributed by atoms with E-state index in [4.69, 9.17) is 0 Å². The summed E-state index contributed by atoms with van der Waals surface area (Å²) >= 11 is 0. The Morgan fingerprint density at radius 1 is 1.17 bits per heavy atom. The van der Waals surface area contributed by atoms with Crippen molar-refractivity contribution in [3.05, 3.63) is 75.1 Å². The molecule has 2 heterocycles. The Labute approximate surface area is 137 Å². The molecule has 0 aliphatic heterocycles. The molecule has 7 nitrogen and oxygen atoms in total. The molecule has 0 aliphatic rings. The van der Waals surface area contributed by atoms with Crippen LogP contribution in [0.4, 0.5) is 0 Å². The molecule has 1 amide bonds. The number of aromatic nitrogens is 3. The Hall–Kier alpha value is -3.22. The van der Waals surface area contributed by atoms with Gasteiger partial charge in [0.25, 0.3) is 11.1 Å². The van der Waals surface area contributed by atoms with Crippen molar-refractivity contribution in [2.24, 2.45) is 0 Å². The third-order valence-corrected chi connectivity index (χ3v) is 3.69. The number of fused-ring (bicyclic) bond motifs is 1. The smallest absolute Gasteiger partial charge is 0.273 e. The van der Waals surface area contributed by atoms with Crippen molar-refractivity contribution in [2.45, 2.75) is 19.5 Å². The second-order valence-corrected chi connectivity index (χ2v) is 5.42. The lowest BCUT2D eigenvalue weighted by Crippen LogP contribution is -2.37. The highest BCUT2D eigenvalue weighted by Gasteiger charge is 2.13. The molecule has 1 atom stereocenters. The highest BCUT2D eigenvalue weighted by atomic mass is 16.2. The van der Waals surface area contributed by atoms with Gasteiger partial charge in [-0.3, -0.25) is 24.5 Å². The van der Waals surface area contributed by atoms with Crippen LogP contribution in [0, 0.1) is 0 Å². The highest BCUT2D eigenvalue weighted by molar-refractivity contribution is 5.81. The van der Waals surface area contributed by atoms with Crippen LogP contribution in [0.25, 0.3) is 10.8 Å². The predicted octanol–water partition coefficient (Wildman–Crippen LogP) is 0.962. The molecule has 0 aliphatic carbocycles. The van der Waals surface area contributed by atoms with Gasteiger partial charge in [-0.2, -0.15) is 0 Å². The van der Waals surface area contributed by atoms with E-state index in [1.807, 2.05) is 6.07 Å². The number of carbonyl (C=O) groups is 1. The van der Waals surface area contributed by atoms with Gasteiger partial charge in [-0.1, -0.05) is 18.2 Å². The normalized spacial score (nSPS) is 12.0. The van der Waals surface area contributed by atoms with Crippen molar-refractivity contribution in [1.82, 2.24) is 20.1 Å². The zero-order chi connectivity index (χ0) is 17.1. The molecule has 0 radical (unpaired) electrons. The molecule has 3 aromatic rings. The van der Waals surface area contributed by atoms with Gasteiger partial charge in [0.05, 0.1) is 22.5 Å². The Kier molecular flexibility index (Phi) is 4.24. The van der Waals surface area contributed by atoms with Crippen molar-refractivity contribution in [3.63, 3.8) is 0 Å². The number of hydrogen-bond acceptors (Lipinski definition) is 4. The molecular formula is C17H16N4O3. The van der Waals surface area contributed by atoms with Gasteiger partial charge < -0.3 is 5.32 Å². The molecule has 122 valence electrons. The number of aromatic amines is 1. The fourth-order valence-electron chi connectivity index (χ4n) is 2.49.